The fraction of sp³-hybridized carbons (Fsp3) is 0.538. The van der Waals surface area contributed by atoms with Gasteiger partial charge in [-0.25, -0.2) is 0 Å². The van der Waals surface area contributed by atoms with Crippen molar-refractivity contribution < 1.29 is 9.84 Å². The number of aliphatic hydroxyl groups is 1. The number of methoxy groups -OCH3 is 1. The SMILES string of the molecule is COc1ccc(N2CCN(C)CC2CO)cc1. The van der Waals surface area contributed by atoms with Gasteiger partial charge in [0.15, 0.2) is 0 Å². The molecule has 4 nitrogen and oxygen atoms in total. The number of rotatable bonds is 3. The highest BCUT2D eigenvalue weighted by molar-refractivity contribution is 5.50. The third-order valence-corrected chi connectivity index (χ3v) is 3.30. The second kappa shape index (κ2) is 5.38. The molecule has 1 aromatic carbocycles. The third kappa shape index (κ3) is 2.70. The number of hydrogen-bond donors (Lipinski definition) is 1. The molecule has 0 spiro atoms. The molecule has 1 aliphatic heterocycles. The molecule has 1 atom stereocenters. The average Bonchev–Trinajstić information content (AvgIpc) is 2.39. The summed E-state index contributed by atoms with van der Waals surface area (Å²) in [4.78, 5) is 4.51. The summed E-state index contributed by atoms with van der Waals surface area (Å²) >= 11 is 0. The number of likely N-dealkylation sites (N-methyl/N-ethyl adjacent to an activating group) is 1. The van der Waals surface area contributed by atoms with Crippen molar-refractivity contribution in [3.8, 4) is 5.75 Å². The molecule has 1 N–H and O–H groups in total. The van der Waals surface area contributed by atoms with E-state index in [1.807, 2.05) is 24.3 Å². The molecule has 0 saturated carbocycles. The summed E-state index contributed by atoms with van der Waals surface area (Å²) in [6, 6.07) is 8.20. The molecule has 1 heterocycles. The van der Waals surface area contributed by atoms with Crippen LogP contribution in [0.25, 0.3) is 0 Å². The Hall–Kier alpha value is -1.26. The molecule has 0 radical (unpaired) electrons. The van der Waals surface area contributed by atoms with Crippen LogP contribution in [0.3, 0.4) is 0 Å². The molecule has 1 fully saturated rings. The van der Waals surface area contributed by atoms with Gasteiger partial charge >= 0.3 is 0 Å². The van der Waals surface area contributed by atoms with E-state index < -0.39 is 0 Å². The first-order chi connectivity index (χ1) is 8.24. The molecule has 0 aromatic heterocycles. The second-order valence-corrected chi connectivity index (χ2v) is 4.49. The zero-order chi connectivity index (χ0) is 12.3. The molecule has 0 amide bonds. The van der Waals surface area contributed by atoms with Crippen molar-refractivity contribution >= 4 is 5.69 Å². The minimum atomic E-state index is 0.183. The fourth-order valence-corrected chi connectivity index (χ4v) is 2.28. The largest absolute Gasteiger partial charge is 0.497 e. The van der Waals surface area contributed by atoms with E-state index >= 15 is 0 Å². The van der Waals surface area contributed by atoms with Gasteiger partial charge in [-0.3, -0.25) is 0 Å². The van der Waals surface area contributed by atoms with E-state index in [0.717, 1.165) is 31.1 Å². The van der Waals surface area contributed by atoms with Crippen LogP contribution in [0.2, 0.25) is 0 Å². The molecule has 1 aliphatic rings. The van der Waals surface area contributed by atoms with Crippen molar-refractivity contribution in [2.75, 3.05) is 45.3 Å². The molecule has 94 valence electrons. The number of anilines is 1. The summed E-state index contributed by atoms with van der Waals surface area (Å²) in [7, 11) is 3.76. The van der Waals surface area contributed by atoms with Gasteiger partial charge in [-0.15, -0.1) is 0 Å². The number of ether oxygens (including phenoxy) is 1. The number of benzene rings is 1. The number of aliphatic hydroxyl groups excluding tert-OH is 1. The van der Waals surface area contributed by atoms with Crippen molar-refractivity contribution in [2.45, 2.75) is 6.04 Å². The quantitative estimate of drug-likeness (QED) is 0.842. The molecule has 17 heavy (non-hydrogen) atoms. The Bertz CT molecular complexity index is 353. The zero-order valence-electron chi connectivity index (χ0n) is 10.5. The Morgan fingerprint density at radius 3 is 2.59 bits per heavy atom. The maximum atomic E-state index is 9.45. The first-order valence-electron chi connectivity index (χ1n) is 5.94. The topological polar surface area (TPSA) is 35.9 Å². The van der Waals surface area contributed by atoms with Crippen LogP contribution in [0.15, 0.2) is 24.3 Å². The fourth-order valence-electron chi connectivity index (χ4n) is 2.28. The molecule has 1 saturated heterocycles. The Morgan fingerprint density at radius 1 is 1.29 bits per heavy atom. The molecule has 1 aromatic rings. The van der Waals surface area contributed by atoms with E-state index in [4.69, 9.17) is 4.74 Å². The lowest BCUT2D eigenvalue weighted by Gasteiger charge is -2.40. The molecule has 1 unspecified atom stereocenters. The van der Waals surface area contributed by atoms with Gasteiger partial charge in [0.25, 0.3) is 0 Å². The molecular weight excluding hydrogens is 216 g/mol. The van der Waals surface area contributed by atoms with E-state index in [1.165, 1.54) is 0 Å². The number of nitrogens with zero attached hydrogens (tertiary/aromatic N) is 2. The summed E-state index contributed by atoms with van der Waals surface area (Å²) in [5.41, 5.74) is 1.15. The van der Waals surface area contributed by atoms with Crippen LogP contribution in [-0.4, -0.2) is 56.4 Å². The van der Waals surface area contributed by atoms with Gasteiger partial charge < -0.3 is 19.6 Å². The van der Waals surface area contributed by atoms with Crippen LogP contribution < -0.4 is 9.64 Å². The summed E-state index contributed by atoms with van der Waals surface area (Å²) in [6.07, 6.45) is 0. The summed E-state index contributed by atoms with van der Waals surface area (Å²) in [6.45, 7) is 3.08. The van der Waals surface area contributed by atoms with E-state index in [0.29, 0.717) is 0 Å². The van der Waals surface area contributed by atoms with Gasteiger partial charge in [0, 0.05) is 25.3 Å². The summed E-state index contributed by atoms with van der Waals surface area (Å²) in [5.74, 6) is 0.864. The van der Waals surface area contributed by atoms with Crippen LogP contribution in [0.5, 0.6) is 5.75 Å². The Balaban J connectivity index is 2.13. The van der Waals surface area contributed by atoms with Crippen LogP contribution in [0.1, 0.15) is 0 Å². The minimum absolute atomic E-state index is 0.183. The van der Waals surface area contributed by atoms with Crippen molar-refractivity contribution in [2.24, 2.45) is 0 Å². The molecule has 2 rings (SSSR count). The van der Waals surface area contributed by atoms with Crippen molar-refractivity contribution in [3.05, 3.63) is 24.3 Å². The monoisotopic (exact) mass is 236 g/mol. The summed E-state index contributed by atoms with van der Waals surface area (Å²) < 4.78 is 5.15. The Labute approximate surface area is 102 Å². The molecule has 4 heteroatoms. The lowest BCUT2D eigenvalue weighted by Crippen LogP contribution is -2.53. The Morgan fingerprint density at radius 2 is 2.00 bits per heavy atom. The van der Waals surface area contributed by atoms with Gasteiger partial charge in [0.2, 0.25) is 0 Å². The van der Waals surface area contributed by atoms with Gasteiger partial charge in [-0.05, 0) is 31.3 Å². The van der Waals surface area contributed by atoms with Crippen LogP contribution in [-0.2, 0) is 0 Å². The normalized spacial score (nSPS) is 21.6. The van der Waals surface area contributed by atoms with Gasteiger partial charge in [-0.1, -0.05) is 0 Å². The molecule has 0 bridgehead atoms. The zero-order valence-corrected chi connectivity index (χ0v) is 10.5. The average molecular weight is 236 g/mol. The highest BCUT2D eigenvalue weighted by Crippen LogP contribution is 2.22. The van der Waals surface area contributed by atoms with E-state index in [-0.39, 0.29) is 12.6 Å². The number of piperazine rings is 1. The maximum Gasteiger partial charge on any atom is 0.119 e. The van der Waals surface area contributed by atoms with Crippen molar-refractivity contribution in [1.82, 2.24) is 4.90 Å². The Kier molecular flexibility index (Phi) is 3.86. The standard InChI is InChI=1S/C13H20N2O2/c1-14-7-8-15(12(9-14)10-16)11-3-5-13(17-2)6-4-11/h3-6,12,16H,7-10H2,1-2H3. The van der Waals surface area contributed by atoms with Crippen LogP contribution >= 0.6 is 0 Å². The maximum absolute atomic E-state index is 9.45. The first-order valence-corrected chi connectivity index (χ1v) is 5.94. The van der Waals surface area contributed by atoms with Crippen molar-refractivity contribution in [3.63, 3.8) is 0 Å². The lowest BCUT2D eigenvalue weighted by molar-refractivity contribution is 0.191. The van der Waals surface area contributed by atoms with Crippen LogP contribution in [0.4, 0.5) is 5.69 Å². The van der Waals surface area contributed by atoms with Gasteiger partial charge in [0.1, 0.15) is 5.75 Å². The third-order valence-electron chi connectivity index (χ3n) is 3.30. The smallest absolute Gasteiger partial charge is 0.119 e. The second-order valence-electron chi connectivity index (χ2n) is 4.49. The number of hydrogen-bond acceptors (Lipinski definition) is 4. The van der Waals surface area contributed by atoms with E-state index in [2.05, 4.69) is 16.8 Å². The molecule has 0 aliphatic carbocycles. The van der Waals surface area contributed by atoms with Gasteiger partial charge in [0.05, 0.1) is 19.8 Å². The van der Waals surface area contributed by atoms with E-state index in [9.17, 15) is 5.11 Å². The van der Waals surface area contributed by atoms with Crippen molar-refractivity contribution in [1.29, 1.82) is 0 Å². The lowest BCUT2D eigenvalue weighted by atomic mass is 10.1. The van der Waals surface area contributed by atoms with Crippen LogP contribution in [0, 0.1) is 0 Å². The first kappa shape index (κ1) is 12.2. The highest BCUT2D eigenvalue weighted by Gasteiger charge is 2.24. The highest BCUT2D eigenvalue weighted by atomic mass is 16.5. The predicted molar refractivity (Wildman–Crippen MR) is 68.7 cm³/mol. The molecular formula is C13H20N2O2. The predicted octanol–water partition coefficient (Wildman–Crippen LogP) is 0.808. The van der Waals surface area contributed by atoms with E-state index in [1.54, 1.807) is 7.11 Å². The van der Waals surface area contributed by atoms with Gasteiger partial charge in [-0.2, -0.15) is 0 Å². The summed E-state index contributed by atoms with van der Waals surface area (Å²) in [5, 5.41) is 9.45. The minimum Gasteiger partial charge on any atom is -0.497 e.